The van der Waals surface area contributed by atoms with Crippen molar-refractivity contribution >= 4 is 55.4 Å². The van der Waals surface area contributed by atoms with E-state index in [1.54, 1.807) is 4.90 Å². The number of nitrogen functional groups attached to an aromatic ring is 1. The van der Waals surface area contributed by atoms with Gasteiger partial charge in [0.15, 0.2) is 0 Å². The summed E-state index contributed by atoms with van der Waals surface area (Å²) in [4.78, 5) is 14.4. The molecule has 0 fully saturated rings. The number of nitrogens with zero attached hydrogens (tertiary/aromatic N) is 4. The van der Waals surface area contributed by atoms with Crippen molar-refractivity contribution in [1.82, 2.24) is 15.0 Å². The number of hydrogen-bond donors (Lipinski definition) is 3. The van der Waals surface area contributed by atoms with E-state index in [-0.39, 0.29) is 0 Å². The predicted octanol–water partition coefficient (Wildman–Crippen LogP) is 2.49. The number of anilines is 4. The molecule has 2 rings (SSSR count). The minimum atomic E-state index is 0.291. The van der Waals surface area contributed by atoms with Crippen LogP contribution >= 0.6 is 31.9 Å². The summed E-state index contributed by atoms with van der Waals surface area (Å²) in [5, 5.41) is 3.12. The van der Waals surface area contributed by atoms with Crippen LogP contribution in [0.3, 0.4) is 0 Å². The topological polar surface area (TPSA) is 92.0 Å². The molecule has 1 heterocycles. The van der Waals surface area contributed by atoms with Gasteiger partial charge in [0, 0.05) is 23.0 Å². The van der Waals surface area contributed by atoms with Crippen LogP contribution in [0.2, 0.25) is 0 Å². The summed E-state index contributed by atoms with van der Waals surface area (Å²) in [5.41, 5.74) is 3.26. The highest BCUT2D eigenvalue weighted by atomic mass is 79.9. The van der Waals surface area contributed by atoms with E-state index >= 15 is 0 Å². The highest BCUT2D eigenvalue weighted by molar-refractivity contribution is 9.11. The molecule has 7 nitrogen and oxygen atoms in total. The molecule has 4 N–H and O–H groups in total. The highest BCUT2D eigenvalue weighted by Crippen LogP contribution is 2.28. The van der Waals surface area contributed by atoms with Crippen molar-refractivity contribution in [3.8, 4) is 0 Å². The van der Waals surface area contributed by atoms with Crippen molar-refractivity contribution in [2.24, 2.45) is 5.84 Å². The third kappa shape index (κ3) is 3.56. The van der Waals surface area contributed by atoms with Crippen molar-refractivity contribution in [3.05, 3.63) is 27.1 Å². The summed E-state index contributed by atoms with van der Waals surface area (Å²) in [6.07, 6.45) is 0. The van der Waals surface area contributed by atoms with Crippen LogP contribution in [-0.2, 0) is 0 Å². The Morgan fingerprint density at radius 2 is 1.80 bits per heavy atom. The molecule has 0 atom stereocenters. The molecule has 0 aliphatic rings. The Kier molecular flexibility index (Phi) is 4.73. The lowest BCUT2D eigenvalue weighted by molar-refractivity contribution is 0.957. The predicted molar refractivity (Wildman–Crippen MR) is 87.1 cm³/mol. The van der Waals surface area contributed by atoms with Gasteiger partial charge in [-0.1, -0.05) is 15.9 Å². The summed E-state index contributed by atoms with van der Waals surface area (Å²) >= 11 is 6.88. The Morgan fingerprint density at radius 1 is 1.10 bits per heavy atom. The standard InChI is InChI=1S/C11H13Br2N7/c1-20(2)11-17-9(16-10(18-11)19-14)15-8-4-3-6(12)5-7(8)13/h3-5H,14H2,1-2H3,(H2,15,16,17,18,19). The van der Waals surface area contributed by atoms with Gasteiger partial charge in [0.1, 0.15) is 0 Å². The molecule has 0 radical (unpaired) electrons. The second-order valence-corrected chi connectivity index (χ2v) is 5.84. The van der Waals surface area contributed by atoms with Gasteiger partial charge in [-0.2, -0.15) is 15.0 Å². The number of hydrogen-bond acceptors (Lipinski definition) is 7. The summed E-state index contributed by atoms with van der Waals surface area (Å²) in [6, 6.07) is 5.75. The lowest BCUT2D eigenvalue weighted by Crippen LogP contribution is -2.18. The first-order valence-corrected chi connectivity index (χ1v) is 7.20. The summed E-state index contributed by atoms with van der Waals surface area (Å²) in [7, 11) is 3.68. The minimum Gasteiger partial charge on any atom is -0.347 e. The fraction of sp³-hybridized carbons (Fsp3) is 0.182. The molecule has 0 saturated heterocycles. The van der Waals surface area contributed by atoms with Gasteiger partial charge in [-0.3, -0.25) is 5.43 Å². The molecule has 0 bridgehead atoms. The SMILES string of the molecule is CN(C)c1nc(NN)nc(Nc2ccc(Br)cc2Br)n1. The number of nitrogens with one attached hydrogen (secondary N) is 2. The molecule has 0 saturated carbocycles. The van der Waals surface area contributed by atoms with E-state index in [1.165, 1.54) is 0 Å². The van der Waals surface area contributed by atoms with Crippen LogP contribution in [-0.4, -0.2) is 29.0 Å². The Hall–Kier alpha value is -1.45. The van der Waals surface area contributed by atoms with E-state index in [2.05, 4.69) is 57.6 Å². The zero-order valence-corrected chi connectivity index (χ0v) is 14.0. The number of rotatable bonds is 4. The van der Waals surface area contributed by atoms with E-state index in [9.17, 15) is 0 Å². The third-order valence-corrected chi connectivity index (χ3v) is 3.48. The lowest BCUT2D eigenvalue weighted by Gasteiger charge is -2.13. The average Bonchev–Trinajstić information content (AvgIpc) is 2.41. The largest absolute Gasteiger partial charge is 0.347 e. The van der Waals surface area contributed by atoms with E-state index in [0.29, 0.717) is 17.8 Å². The molecule has 0 amide bonds. The Bertz CT molecular complexity index is 618. The number of aromatic nitrogens is 3. The Balaban J connectivity index is 2.34. The molecule has 106 valence electrons. The van der Waals surface area contributed by atoms with Gasteiger partial charge in [-0.15, -0.1) is 0 Å². The third-order valence-electron chi connectivity index (χ3n) is 2.33. The van der Waals surface area contributed by atoms with E-state index in [1.807, 2.05) is 32.3 Å². The van der Waals surface area contributed by atoms with Gasteiger partial charge in [0.25, 0.3) is 0 Å². The van der Waals surface area contributed by atoms with Crippen LogP contribution in [0.15, 0.2) is 27.1 Å². The van der Waals surface area contributed by atoms with Gasteiger partial charge < -0.3 is 10.2 Å². The first-order chi connectivity index (χ1) is 9.49. The second kappa shape index (κ2) is 6.33. The number of benzene rings is 1. The first kappa shape index (κ1) is 14.9. The molecule has 1 aromatic carbocycles. The van der Waals surface area contributed by atoms with Crippen LogP contribution < -0.4 is 21.5 Å². The monoisotopic (exact) mass is 401 g/mol. The molecule has 2 aromatic rings. The second-order valence-electron chi connectivity index (χ2n) is 4.07. The quantitative estimate of drug-likeness (QED) is 0.534. The molecule has 0 spiro atoms. The molecule has 1 aromatic heterocycles. The van der Waals surface area contributed by atoms with Crippen LogP contribution in [0.1, 0.15) is 0 Å². The number of hydrazine groups is 1. The Labute approximate surface area is 133 Å². The van der Waals surface area contributed by atoms with Crippen LogP contribution in [0, 0.1) is 0 Å². The van der Waals surface area contributed by atoms with E-state index in [0.717, 1.165) is 14.6 Å². The summed E-state index contributed by atoms with van der Waals surface area (Å²) in [5.74, 6) is 6.56. The molecule has 0 aliphatic carbocycles. The minimum absolute atomic E-state index is 0.291. The molecule has 9 heteroatoms. The van der Waals surface area contributed by atoms with Crippen LogP contribution in [0.25, 0.3) is 0 Å². The maximum atomic E-state index is 5.37. The number of nitrogens with two attached hydrogens (primary N) is 1. The zero-order valence-electron chi connectivity index (χ0n) is 10.9. The van der Waals surface area contributed by atoms with E-state index in [4.69, 9.17) is 5.84 Å². The number of halogens is 2. The molecule has 20 heavy (non-hydrogen) atoms. The van der Waals surface area contributed by atoms with Gasteiger partial charge in [-0.05, 0) is 34.1 Å². The first-order valence-electron chi connectivity index (χ1n) is 5.61. The van der Waals surface area contributed by atoms with Crippen molar-refractivity contribution in [1.29, 1.82) is 0 Å². The summed E-state index contributed by atoms with van der Waals surface area (Å²) < 4.78 is 1.87. The zero-order chi connectivity index (χ0) is 14.7. The van der Waals surface area contributed by atoms with Gasteiger partial charge in [0.2, 0.25) is 17.8 Å². The van der Waals surface area contributed by atoms with Gasteiger partial charge in [-0.25, -0.2) is 5.84 Å². The Morgan fingerprint density at radius 3 is 2.40 bits per heavy atom. The van der Waals surface area contributed by atoms with Crippen LogP contribution in [0.5, 0.6) is 0 Å². The maximum absolute atomic E-state index is 5.37. The molecule has 0 unspecified atom stereocenters. The van der Waals surface area contributed by atoms with Gasteiger partial charge in [0.05, 0.1) is 5.69 Å². The van der Waals surface area contributed by atoms with Crippen molar-refractivity contribution in [3.63, 3.8) is 0 Å². The van der Waals surface area contributed by atoms with Crippen LogP contribution in [0.4, 0.5) is 23.5 Å². The fourth-order valence-corrected chi connectivity index (χ4v) is 2.54. The van der Waals surface area contributed by atoms with Crippen molar-refractivity contribution < 1.29 is 0 Å². The molecular weight excluding hydrogens is 390 g/mol. The van der Waals surface area contributed by atoms with Gasteiger partial charge >= 0.3 is 0 Å². The summed E-state index contributed by atoms with van der Waals surface area (Å²) in [6.45, 7) is 0. The lowest BCUT2D eigenvalue weighted by atomic mass is 10.3. The highest BCUT2D eigenvalue weighted by Gasteiger charge is 2.09. The fourth-order valence-electron chi connectivity index (χ4n) is 1.40. The average molecular weight is 403 g/mol. The van der Waals surface area contributed by atoms with E-state index < -0.39 is 0 Å². The molecular formula is C11H13Br2N7. The smallest absolute Gasteiger partial charge is 0.243 e. The molecule has 0 aliphatic heterocycles. The van der Waals surface area contributed by atoms with Crippen molar-refractivity contribution in [2.45, 2.75) is 0 Å². The normalized spacial score (nSPS) is 10.2. The maximum Gasteiger partial charge on any atom is 0.243 e. The van der Waals surface area contributed by atoms with Crippen molar-refractivity contribution in [2.75, 3.05) is 29.7 Å².